The minimum absolute atomic E-state index is 0.195. The summed E-state index contributed by atoms with van der Waals surface area (Å²) in [5.74, 6) is 2.09. The van der Waals surface area contributed by atoms with Crippen LogP contribution in [0.4, 0.5) is 10.6 Å². The predicted molar refractivity (Wildman–Crippen MR) is 144 cm³/mol. The second-order valence-corrected chi connectivity index (χ2v) is 12.2. The van der Waals surface area contributed by atoms with E-state index < -0.39 is 17.3 Å². The van der Waals surface area contributed by atoms with E-state index >= 15 is 0 Å². The van der Waals surface area contributed by atoms with Gasteiger partial charge in [0.25, 0.3) is 0 Å². The van der Waals surface area contributed by atoms with Crippen LogP contribution in [0.3, 0.4) is 0 Å². The van der Waals surface area contributed by atoms with Gasteiger partial charge >= 0.3 is 12.1 Å². The third kappa shape index (κ3) is 5.55. The third-order valence-corrected chi connectivity index (χ3v) is 8.17. The number of nitrogens with one attached hydrogen (secondary N) is 1. The molecule has 1 aromatic heterocycles. The largest absolute Gasteiger partial charge is 0.484 e. The van der Waals surface area contributed by atoms with Gasteiger partial charge in [0.2, 0.25) is 0 Å². The molecule has 1 spiro atoms. The monoisotopic (exact) mass is 540 g/mol. The maximum Gasteiger partial charge on any atom is 0.408 e. The normalized spacial score (nSPS) is 25.6. The molecule has 2 bridgehead atoms. The number of fused-ring (bicyclic) bond motifs is 3. The van der Waals surface area contributed by atoms with E-state index in [2.05, 4.69) is 15.2 Å². The summed E-state index contributed by atoms with van der Waals surface area (Å²) in [5, 5.41) is 3.94. The first kappa shape index (κ1) is 26.6. The number of para-hydroxylation sites is 1. The lowest BCUT2D eigenvalue weighted by Crippen LogP contribution is -2.58. The van der Waals surface area contributed by atoms with E-state index in [-0.39, 0.29) is 24.1 Å². The first-order valence-electron chi connectivity index (χ1n) is 13.3. The van der Waals surface area contributed by atoms with Crippen LogP contribution in [0, 0.1) is 0 Å². The highest BCUT2D eigenvalue weighted by Gasteiger charge is 2.58. The van der Waals surface area contributed by atoms with Gasteiger partial charge in [-0.05, 0) is 46.6 Å². The van der Waals surface area contributed by atoms with E-state index in [4.69, 9.17) is 19.2 Å². The minimum atomic E-state index is -0.583. The van der Waals surface area contributed by atoms with Crippen LogP contribution in [0.5, 0.6) is 5.75 Å². The summed E-state index contributed by atoms with van der Waals surface area (Å²) in [5.41, 5.74) is -0.130. The third-order valence-electron chi connectivity index (χ3n) is 7.25. The summed E-state index contributed by atoms with van der Waals surface area (Å²) in [6.45, 7) is 7.80. The Balaban J connectivity index is 1.29. The molecule has 3 aliphatic heterocycles. The molecule has 1 N–H and O–H groups in total. The van der Waals surface area contributed by atoms with Gasteiger partial charge in [0, 0.05) is 36.2 Å². The first-order chi connectivity index (χ1) is 18.2. The molecule has 204 valence electrons. The predicted octanol–water partition coefficient (Wildman–Crippen LogP) is 5.05. The van der Waals surface area contributed by atoms with E-state index in [0.717, 1.165) is 47.8 Å². The summed E-state index contributed by atoms with van der Waals surface area (Å²) < 4.78 is 17.3. The van der Waals surface area contributed by atoms with Crippen molar-refractivity contribution in [3.8, 4) is 5.75 Å². The Bertz CT molecular complexity index is 1150. The number of nitrogens with zero attached hydrogens (tertiary/aromatic N) is 3. The number of ether oxygens (including phenoxy) is 3. The highest BCUT2D eigenvalue weighted by atomic mass is 32.2. The fourth-order valence-electron chi connectivity index (χ4n) is 5.93. The average Bonchev–Trinajstić information content (AvgIpc) is 3.29. The number of benzene rings is 1. The Morgan fingerprint density at radius 3 is 2.55 bits per heavy atom. The second kappa shape index (κ2) is 10.6. The van der Waals surface area contributed by atoms with Crippen molar-refractivity contribution < 1.29 is 23.8 Å². The van der Waals surface area contributed by atoms with Crippen LogP contribution < -0.4 is 15.0 Å². The second-order valence-electron chi connectivity index (χ2n) is 11.1. The van der Waals surface area contributed by atoms with Gasteiger partial charge in [0.1, 0.15) is 33.8 Å². The molecule has 0 unspecified atom stereocenters. The topological polar surface area (TPSA) is 103 Å². The zero-order chi connectivity index (χ0) is 26.9. The van der Waals surface area contributed by atoms with Crippen LogP contribution in [0.2, 0.25) is 0 Å². The maximum atomic E-state index is 12.8. The zero-order valence-electron chi connectivity index (χ0n) is 22.4. The standard InChI is InChI=1S/C28H36N4O5S/c1-5-35-24(33)12-13-38-23-17-29-22(16-30-23)32-18-10-11-19(32)15-28(14-18)25(31-26(34)37-27(2,3)4)20-8-6-7-9-21(20)36-28/h6-9,16-19,25H,5,10-15H2,1-4H3,(H,31,34)/t18-,19+,25-,28-/m1/s1. The van der Waals surface area contributed by atoms with Crippen molar-refractivity contribution in [2.45, 2.75) is 94.2 Å². The quantitative estimate of drug-likeness (QED) is 0.382. The maximum absolute atomic E-state index is 12.8. The van der Waals surface area contributed by atoms with Gasteiger partial charge in [0.05, 0.1) is 25.4 Å². The molecule has 1 aromatic carbocycles. The molecule has 10 heteroatoms. The number of thioether (sulfide) groups is 1. The molecule has 4 heterocycles. The molecule has 1 amide bonds. The van der Waals surface area contributed by atoms with Crippen LogP contribution >= 0.6 is 11.8 Å². The van der Waals surface area contributed by atoms with E-state index in [1.165, 1.54) is 11.8 Å². The average molecular weight is 541 g/mol. The SMILES string of the molecule is CCOC(=O)CCSc1cnc(N2[C@@H]3CC[C@H]2C[C@@]2(C3)Oc3ccccc3[C@H]2NC(=O)OC(C)(C)C)cn1. The number of amides is 1. The van der Waals surface area contributed by atoms with Crippen LogP contribution in [-0.4, -0.2) is 57.7 Å². The number of rotatable bonds is 7. The molecule has 38 heavy (non-hydrogen) atoms. The lowest BCUT2D eigenvalue weighted by molar-refractivity contribution is -0.142. The number of hydrogen-bond donors (Lipinski definition) is 1. The number of aromatic nitrogens is 2. The van der Waals surface area contributed by atoms with Crippen LogP contribution in [0.15, 0.2) is 41.7 Å². The summed E-state index contributed by atoms with van der Waals surface area (Å²) in [4.78, 5) is 36.1. The molecule has 3 aliphatic rings. The smallest absolute Gasteiger partial charge is 0.408 e. The highest BCUT2D eigenvalue weighted by molar-refractivity contribution is 7.99. The van der Waals surface area contributed by atoms with Crippen molar-refractivity contribution in [3.05, 3.63) is 42.2 Å². The van der Waals surface area contributed by atoms with Crippen LogP contribution in [-0.2, 0) is 14.3 Å². The minimum Gasteiger partial charge on any atom is -0.484 e. The molecule has 0 aliphatic carbocycles. The lowest BCUT2D eigenvalue weighted by Gasteiger charge is -2.47. The van der Waals surface area contributed by atoms with Crippen molar-refractivity contribution in [2.24, 2.45) is 0 Å². The van der Waals surface area contributed by atoms with Crippen LogP contribution in [0.25, 0.3) is 0 Å². The Labute approximate surface area is 228 Å². The van der Waals surface area contributed by atoms with Crippen molar-refractivity contribution in [2.75, 3.05) is 17.3 Å². The molecule has 2 aromatic rings. The van der Waals surface area contributed by atoms with Gasteiger partial charge in [-0.15, -0.1) is 11.8 Å². The molecular formula is C28H36N4O5S. The summed E-state index contributed by atoms with van der Waals surface area (Å²) in [6, 6.07) is 8.12. The Kier molecular flexibility index (Phi) is 7.44. The molecule has 0 saturated carbocycles. The van der Waals surface area contributed by atoms with Crippen molar-refractivity contribution >= 4 is 29.6 Å². The fraction of sp³-hybridized carbons (Fsp3) is 0.571. The first-order valence-corrected chi connectivity index (χ1v) is 14.3. The Morgan fingerprint density at radius 1 is 1.16 bits per heavy atom. The Hall–Kier alpha value is -3.01. The molecular weight excluding hydrogens is 504 g/mol. The van der Waals surface area contributed by atoms with Gasteiger partial charge in [-0.3, -0.25) is 4.79 Å². The van der Waals surface area contributed by atoms with E-state index in [0.29, 0.717) is 18.8 Å². The van der Waals surface area contributed by atoms with Crippen molar-refractivity contribution in [1.82, 2.24) is 15.3 Å². The molecule has 2 fully saturated rings. The number of anilines is 1. The molecule has 0 radical (unpaired) electrons. The zero-order valence-corrected chi connectivity index (χ0v) is 23.3. The van der Waals surface area contributed by atoms with Crippen molar-refractivity contribution in [1.29, 1.82) is 0 Å². The summed E-state index contributed by atoms with van der Waals surface area (Å²) >= 11 is 1.50. The molecule has 9 nitrogen and oxygen atoms in total. The van der Waals surface area contributed by atoms with E-state index in [9.17, 15) is 9.59 Å². The molecule has 5 rings (SSSR count). The number of carbonyl (C=O) groups excluding carboxylic acids is 2. The molecule has 4 atom stereocenters. The number of alkyl carbamates (subject to hydrolysis) is 1. The van der Waals surface area contributed by atoms with Crippen LogP contribution in [0.1, 0.15) is 71.4 Å². The lowest BCUT2D eigenvalue weighted by atomic mass is 9.79. The Morgan fingerprint density at radius 2 is 1.89 bits per heavy atom. The molecule has 2 saturated heterocycles. The fourth-order valence-corrected chi connectivity index (χ4v) is 6.67. The summed E-state index contributed by atoms with van der Waals surface area (Å²) in [6.07, 6.45) is 7.11. The number of piperidine rings is 1. The van der Waals surface area contributed by atoms with Crippen molar-refractivity contribution in [3.63, 3.8) is 0 Å². The number of carbonyl (C=O) groups is 2. The van der Waals surface area contributed by atoms with Gasteiger partial charge in [0.15, 0.2) is 0 Å². The van der Waals surface area contributed by atoms with E-state index in [1.807, 2.05) is 51.2 Å². The number of esters is 1. The van der Waals surface area contributed by atoms with Gasteiger partial charge < -0.3 is 24.4 Å². The van der Waals surface area contributed by atoms with Gasteiger partial charge in [-0.2, -0.15) is 0 Å². The van der Waals surface area contributed by atoms with E-state index in [1.54, 1.807) is 13.1 Å². The highest BCUT2D eigenvalue weighted by Crippen LogP contribution is 2.54. The number of hydrogen-bond acceptors (Lipinski definition) is 9. The summed E-state index contributed by atoms with van der Waals surface area (Å²) in [7, 11) is 0. The van der Waals surface area contributed by atoms with Gasteiger partial charge in [-0.25, -0.2) is 14.8 Å². The van der Waals surface area contributed by atoms with Gasteiger partial charge in [-0.1, -0.05) is 18.2 Å².